The minimum atomic E-state index is -0.481. The third-order valence-electron chi connectivity index (χ3n) is 1.61. The van der Waals surface area contributed by atoms with Crippen molar-refractivity contribution < 1.29 is 14.4 Å². The van der Waals surface area contributed by atoms with Gasteiger partial charge in [-0.1, -0.05) is 23.2 Å². The number of nitrogens with one attached hydrogen (secondary N) is 1. The van der Waals surface area contributed by atoms with Crippen LogP contribution < -0.4 is 5.48 Å². The van der Waals surface area contributed by atoms with E-state index in [4.69, 9.17) is 32.8 Å². The van der Waals surface area contributed by atoms with Gasteiger partial charge < -0.3 is 4.74 Å². The van der Waals surface area contributed by atoms with Crippen LogP contribution in [0.2, 0.25) is 10.3 Å². The average molecular weight is 265 g/mol. The number of nitrogens with zero attached hydrogens (tertiary/aromatic N) is 1. The Morgan fingerprint density at radius 1 is 1.44 bits per heavy atom. The smallest absolute Gasteiger partial charge is 0.277 e. The molecule has 1 amide bonds. The van der Waals surface area contributed by atoms with Crippen molar-refractivity contribution in [3.8, 4) is 0 Å². The fourth-order valence-electron chi connectivity index (χ4n) is 0.878. The highest BCUT2D eigenvalue weighted by molar-refractivity contribution is 6.34. The van der Waals surface area contributed by atoms with E-state index in [9.17, 15) is 4.79 Å². The van der Waals surface area contributed by atoms with Crippen molar-refractivity contribution in [2.45, 2.75) is 0 Å². The molecule has 0 saturated carbocycles. The molecule has 0 aliphatic rings. The van der Waals surface area contributed by atoms with E-state index in [1.165, 1.54) is 19.2 Å². The number of halogens is 2. The Balaban J connectivity index is 2.53. The van der Waals surface area contributed by atoms with Crippen LogP contribution in [0.5, 0.6) is 0 Å². The lowest BCUT2D eigenvalue weighted by molar-refractivity contribution is 0.00887. The first kappa shape index (κ1) is 13.2. The van der Waals surface area contributed by atoms with Crippen molar-refractivity contribution in [3.05, 3.63) is 28.0 Å². The second-order valence-corrected chi connectivity index (χ2v) is 3.49. The monoisotopic (exact) mass is 264 g/mol. The van der Waals surface area contributed by atoms with Crippen molar-refractivity contribution in [1.82, 2.24) is 10.5 Å². The number of amides is 1. The van der Waals surface area contributed by atoms with E-state index in [0.717, 1.165) is 0 Å². The number of hydrogen-bond donors (Lipinski definition) is 1. The molecule has 0 aromatic carbocycles. The standard InChI is InChI=1S/C9H10Cl2N2O3/c1-15-4-5-16-13-9(14)6-2-3-7(10)12-8(6)11/h2-3H,4-5H2,1H3,(H,13,14). The van der Waals surface area contributed by atoms with Crippen LogP contribution in [-0.4, -0.2) is 31.2 Å². The zero-order valence-electron chi connectivity index (χ0n) is 8.50. The number of carbonyl (C=O) groups is 1. The van der Waals surface area contributed by atoms with E-state index in [1.807, 2.05) is 0 Å². The summed E-state index contributed by atoms with van der Waals surface area (Å²) in [6.07, 6.45) is 0. The van der Waals surface area contributed by atoms with Gasteiger partial charge >= 0.3 is 0 Å². The lowest BCUT2D eigenvalue weighted by Gasteiger charge is -2.06. The van der Waals surface area contributed by atoms with Gasteiger partial charge in [0.1, 0.15) is 10.3 Å². The van der Waals surface area contributed by atoms with E-state index in [-0.39, 0.29) is 22.5 Å². The Morgan fingerprint density at radius 2 is 2.19 bits per heavy atom. The lowest BCUT2D eigenvalue weighted by Crippen LogP contribution is -2.25. The number of hydrogen-bond acceptors (Lipinski definition) is 4. The van der Waals surface area contributed by atoms with Gasteiger partial charge in [-0.05, 0) is 12.1 Å². The molecule has 0 aliphatic heterocycles. The number of pyridine rings is 1. The van der Waals surface area contributed by atoms with Crippen LogP contribution in [0.1, 0.15) is 10.4 Å². The number of ether oxygens (including phenoxy) is 1. The van der Waals surface area contributed by atoms with E-state index in [2.05, 4.69) is 10.5 Å². The SMILES string of the molecule is COCCONC(=O)c1ccc(Cl)nc1Cl. The summed E-state index contributed by atoms with van der Waals surface area (Å²) in [7, 11) is 1.53. The van der Waals surface area contributed by atoms with Crippen LogP contribution in [0.15, 0.2) is 12.1 Å². The maximum absolute atomic E-state index is 11.5. The fraction of sp³-hybridized carbons (Fsp3) is 0.333. The van der Waals surface area contributed by atoms with Crippen LogP contribution in [0.25, 0.3) is 0 Å². The molecule has 5 nitrogen and oxygen atoms in total. The molecule has 88 valence electrons. The Bertz CT molecular complexity index is 374. The third-order valence-corrected chi connectivity index (χ3v) is 2.11. The molecule has 1 aromatic rings. The Morgan fingerprint density at radius 3 is 2.81 bits per heavy atom. The predicted octanol–water partition coefficient (Wildman–Crippen LogP) is 1.70. The number of hydroxylamine groups is 1. The molecule has 1 aromatic heterocycles. The molecule has 1 rings (SSSR count). The summed E-state index contributed by atoms with van der Waals surface area (Å²) in [5.74, 6) is -0.481. The second-order valence-electron chi connectivity index (χ2n) is 2.74. The summed E-state index contributed by atoms with van der Waals surface area (Å²) in [6.45, 7) is 0.633. The van der Waals surface area contributed by atoms with E-state index in [0.29, 0.717) is 6.61 Å². The fourth-order valence-corrected chi connectivity index (χ4v) is 1.31. The van der Waals surface area contributed by atoms with Gasteiger partial charge in [-0.25, -0.2) is 10.5 Å². The zero-order chi connectivity index (χ0) is 12.0. The average Bonchev–Trinajstić information content (AvgIpc) is 2.24. The summed E-state index contributed by atoms with van der Waals surface area (Å²) in [5, 5.41) is 0.252. The zero-order valence-corrected chi connectivity index (χ0v) is 10.0. The highest BCUT2D eigenvalue weighted by Crippen LogP contribution is 2.16. The number of rotatable bonds is 5. The Kier molecular flexibility index (Phi) is 5.48. The molecule has 7 heteroatoms. The lowest BCUT2D eigenvalue weighted by atomic mass is 10.3. The van der Waals surface area contributed by atoms with Crippen LogP contribution >= 0.6 is 23.2 Å². The van der Waals surface area contributed by atoms with Crippen LogP contribution in [0, 0.1) is 0 Å². The summed E-state index contributed by atoms with van der Waals surface area (Å²) < 4.78 is 4.74. The molecule has 0 aliphatic carbocycles. The summed E-state index contributed by atoms with van der Waals surface area (Å²) in [6, 6.07) is 2.93. The molecule has 0 radical (unpaired) electrons. The second kappa shape index (κ2) is 6.65. The minimum Gasteiger partial charge on any atom is -0.382 e. The van der Waals surface area contributed by atoms with E-state index < -0.39 is 5.91 Å². The topological polar surface area (TPSA) is 60.5 Å². The molecule has 0 bridgehead atoms. The van der Waals surface area contributed by atoms with Gasteiger partial charge in [0.05, 0.1) is 18.8 Å². The molecule has 0 spiro atoms. The Labute approximate surface area is 103 Å². The molecular weight excluding hydrogens is 255 g/mol. The van der Waals surface area contributed by atoms with Crippen LogP contribution in [0.3, 0.4) is 0 Å². The maximum Gasteiger partial charge on any atom is 0.277 e. The van der Waals surface area contributed by atoms with Crippen LogP contribution in [0.4, 0.5) is 0 Å². The number of methoxy groups -OCH3 is 1. The van der Waals surface area contributed by atoms with E-state index in [1.54, 1.807) is 0 Å². The summed E-state index contributed by atoms with van der Waals surface area (Å²) in [4.78, 5) is 20.1. The van der Waals surface area contributed by atoms with Crippen molar-refractivity contribution in [3.63, 3.8) is 0 Å². The summed E-state index contributed by atoms with van der Waals surface area (Å²) in [5.41, 5.74) is 2.41. The first-order valence-electron chi connectivity index (χ1n) is 4.38. The van der Waals surface area contributed by atoms with Crippen LogP contribution in [-0.2, 0) is 9.57 Å². The Hall–Kier alpha value is -0.880. The minimum absolute atomic E-state index is 0.0281. The molecule has 0 fully saturated rings. The first-order valence-corrected chi connectivity index (χ1v) is 5.14. The quantitative estimate of drug-likeness (QED) is 0.500. The third kappa shape index (κ3) is 3.94. The highest BCUT2D eigenvalue weighted by atomic mass is 35.5. The van der Waals surface area contributed by atoms with Gasteiger partial charge in [0.2, 0.25) is 0 Å². The van der Waals surface area contributed by atoms with Gasteiger partial charge in [0.15, 0.2) is 0 Å². The van der Waals surface area contributed by atoms with Crippen molar-refractivity contribution in [2.75, 3.05) is 20.3 Å². The molecule has 1 heterocycles. The maximum atomic E-state index is 11.5. The van der Waals surface area contributed by atoms with Crippen molar-refractivity contribution in [2.24, 2.45) is 0 Å². The van der Waals surface area contributed by atoms with Crippen molar-refractivity contribution in [1.29, 1.82) is 0 Å². The first-order chi connectivity index (χ1) is 7.65. The number of carbonyl (C=O) groups excluding carboxylic acids is 1. The molecule has 16 heavy (non-hydrogen) atoms. The molecule has 1 N–H and O–H groups in total. The number of aromatic nitrogens is 1. The van der Waals surface area contributed by atoms with Gasteiger partial charge in [-0.2, -0.15) is 0 Å². The molecule has 0 unspecified atom stereocenters. The molecule has 0 saturated heterocycles. The van der Waals surface area contributed by atoms with Crippen molar-refractivity contribution >= 4 is 29.1 Å². The predicted molar refractivity (Wildman–Crippen MR) is 59.6 cm³/mol. The van der Waals surface area contributed by atoms with Gasteiger partial charge in [0, 0.05) is 7.11 Å². The molecule has 0 atom stereocenters. The van der Waals surface area contributed by atoms with Gasteiger partial charge in [-0.3, -0.25) is 9.63 Å². The normalized spacial score (nSPS) is 10.2. The van der Waals surface area contributed by atoms with Gasteiger partial charge in [0.25, 0.3) is 5.91 Å². The molecular formula is C9H10Cl2N2O3. The van der Waals surface area contributed by atoms with Gasteiger partial charge in [-0.15, -0.1) is 0 Å². The highest BCUT2D eigenvalue weighted by Gasteiger charge is 2.11. The van der Waals surface area contributed by atoms with E-state index >= 15 is 0 Å². The summed E-state index contributed by atoms with van der Waals surface area (Å²) >= 11 is 11.3. The largest absolute Gasteiger partial charge is 0.382 e.